The van der Waals surface area contributed by atoms with Gasteiger partial charge in [0.15, 0.2) is 0 Å². The zero-order valence-corrected chi connectivity index (χ0v) is 13.7. The van der Waals surface area contributed by atoms with Gasteiger partial charge >= 0.3 is 0 Å². The minimum atomic E-state index is 0.162. The lowest BCUT2D eigenvalue weighted by atomic mass is 10.1. The average Bonchev–Trinajstić information content (AvgIpc) is 2.94. The summed E-state index contributed by atoms with van der Waals surface area (Å²) in [4.78, 5) is 21.9. The van der Waals surface area contributed by atoms with Crippen LogP contribution in [0.4, 0.5) is 5.82 Å². The topological polar surface area (TPSA) is 48.5 Å². The predicted octanol–water partition coefficient (Wildman–Crippen LogP) is 2.04. The van der Waals surface area contributed by atoms with Gasteiger partial charge in [-0.05, 0) is 50.7 Å². The predicted molar refractivity (Wildman–Crippen MR) is 90.8 cm³/mol. The van der Waals surface area contributed by atoms with Gasteiger partial charge in [-0.15, -0.1) is 0 Å². The number of carbonyl (C=O) groups is 1. The highest BCUT2D eigenvalue weighted by atomic mass is 16.2. The zero-order chi connectivity index (χ0) is 15.6. The van der Waals surface area contributed by atoms with Gasteiger partial charge in [0.05, 0.1) is 5.56 Å². The van der Waals surface area contributed by atoms with Gasteiger partial charge in [0, 0.05) is 44.5 Å². The van der Waals surface area contributed by atoms with E-state index < -0.39 is 0 Å². The van der Waals surface area contributed by atoms with Crippen LogP contribution in [0, 0.1) is 0 Å². The maximum atomic E-state index is 13.0. The molecule has 1 aromatic heterocycles. The Balaban J connectivity index is 1.57. The van der Waals surface area contributed by atoms with E-state index in [9.17, 15) is 4.79 Å². The number of rotatable bonds is 2. The second-order valence-electron chi connectivity index (χ2n) is 7.10. The van der Waals surface area contributed by atoms with Gasteiger partial charge in [-0.1, -0.05) is 0 Å². The summed E-state index contributed by atoms with van der Waals surface area (Å²) in [6, 6.07) is 5.04. The van der Waals surface area contributed by atoms with E-state index in [0.29, 0.717) is 12.1 Å². The summed E-state index contributed by atoms with van der Waals surface area (Å²) < 4.78 is 0. The third-order valence-corrected chi connectivity index (χ3v) is 5.48. The van der Waals surface area contributed by atoms with Gasteiger partial charge in [-0.2, -0.15) is 0 Å². The molecule has 0 aromatic carbocycles. The molecule has 0 radical (unpaired) electrons. The standard InChI is InChI=1S/C18H26N4O/c23-18(21-10-2-1-3-11-21)16-5-4-9-19-17(16)22-12-8-14-6-7-15(13-22)20-14/h4-5,9,14-15,20H,1-3,6-8,10-13H2/t14-,15+/m1/s1. The molecule has 0 unspecified atom stereocenters. The van der Waals surface area contributed by atoms with Gasteiger partial charge in [0.25, 0.3) is 5.91 Å². The summed E-state index contributed by atoms with van der Waals surface area (Å²) in [6.07, 6.45) is 8.98. The molecule has 4 rings (SSSR count). The first-order valence-electron chi connectivity index (χ1n) is 9.06. The van der Waals surface area contributed by atoms with Crippen molar-refractivity contribution in [1.82, 2.24) is 15.2 Å². The smallest absolute Gasteiger partial charge is 0.257 e. The number of carbonyl (C=O) groups excluding carboxylic acids is 1. The van der Waals surface area contributed by atoms with Crippen LogP contribution in [-0.4, -0.2) is 54.1 Å². The highest BCUT2D eigenvalue weighted by Crippen LogP contribution is 2.26. The van der Waals surface area contributed by atoms with Crippen molar-refractivity contribution < 1.29 is 4.79 Å². The third-order valence-electron chi connectivity index (χ3n) is 5.48. The van der Waals surface area contributed by atoms with Gasteiger partial charge in [-0.25, -0.2) is 4.98 Å². The largest absolute Gasteiger partial charge is 0.354 e. The van der Waals surface area contributed by atoms with E-state index in [-0.39, 0.29) is 5.91 Å². The summed E-state index contributed by atoms with van der Waals surface area (Å²) >= 11 is 0. The van der Waals surface area contributed by atoms with Crippen LogP contribution in [0.3, 0.4) is 0 Å². The molecule has 2 atom stereocenters. The molecular weight excluding hydrogens is 288 g/mol. The lowest BCUT2D eigenvalue weighted by molar-refractivity contribution is 0.0724. The van der Waals surface area contributed by atoms with Crippen LogP contribution >= 0.6 is 0 Å². The molecule has 0 saturated carbocycles. The van der Waals surface area contributed by atoms with Gasteiger partial charge in [-0.3, -0.25) is 4.79 Å². The fourth-order valence-corrected chi connectivity index (χ4v) is 4.22. The summed E-state index contributed by atoms with van der Waals surface area (Å²) in [7, 11) is 0. The van der Waals surface area contributed by atoms with E-state index in [0.717, 1.165) is 56.8 Å². The van der Waals surface area contributed by atoms with E-state index in [1.54, 1.807) is 0 Å². The quantitative estimate of drug-likeness (QED) is 0.907. The first-order valence-corrected chi connectivity index (χ1v) is 9.06. The normalized spacial score (nSPS) is 27.8. The van der Waals surface area contributed by atoms with Gasteiger partial charge < -0.3 is 15.1 Å². The maximum absolute atomic E-state index is 13.0. The van der Waals surface area contributed by atoms with Crippen molar-refractivity contribution in [2.75, 3.05) is 31.1 Å². The Labute approximate surface area is 138 Å². The van der Waals surface area contributed by atoms with Gasteiger partial charge in [0.2, 0.25) is 0 Å². The Kier molecular flexibility index (Phi) is 4.21. The number of anilines is 1. The monoisotopic (exact) mass is 314 g/mol. The second-order valence-corrected chi connectivity index (χ2v) is 7.10. The van der Waals surface area contributed by atoms with E-state index >= 15 is 0 Å². The molecule has 3 saturated heterocycles. The number of fused-ring (bicyclic) bond motifs is 2. The van der Waals surface area contributed by atoms with Crippen molar-refractivity contribution in [3.63, 3.8) is 0 Å². The summed E-state index contributed by atoms with van der Waals surface area (Å²) in [6.45, 7) is 3.73. The molecule has 124 valence electrons. The molecule has 5 heteroatoms. The highest BCUT2D eigenvalue weighted by molar-refractivity contribution is 5.99. The van der Waals surface area contributed by atoms with Crippen LogP contribution in [0.1, 0.15) is 48.9 Å². The van der Waals surface area contributed by atoms with Crippen molar-refractivity contribution in [1.29, 1.82) is 0 Å². The Morgan fingerprint density at radius 1 is 1.09 bits per heavy atom. The molecule has 4 heterocycles. The number of hydrogen-bond acceptors (Lipinski definition) is 4. The molecule has 2 bridgehead atoms. The number of nitrogens with zero attached hydrogens (tertiary/aromatic N) is 3. The Hall–Kier alpha value is -1.62. The van der Waals surface area contributed by atoms with Crippen LogP contribution < -0.4 is 10.2 Å². The number of nitrogens with one attached hydrogen (secondary N) is 1. The van der Waals surface area contributed by atoms with Crippen molar-refractivity contribution >= 4 is 11.7 Å². The number of pyridine rings is 1. The second kappa shape index (κ2) is 6.48. The van der Waals surface area contributed by atoms with E-state index in [4.69, 9.17) is 0 Å². The Morgan fingerprint density at radius 3 is 2.78 bits per heavy atom. The van der Waals surface area contributed by atoms with Crippen molar-refractivity contribution in [2.45, 2.75) is 50.6 Å². The molecule has 1 N–H and O–H groups in total. The van der Waals surface area contributed by atoms with Crippen LogP contribution in [-0.2, 0) is 0 Å². The number of piperidine rings is 1. The minimum Gasteiger partial charge on any atom is -0.354 e. The number of aromatic nitrogens is 1. The highest BCUT2D eigenvalue weighted by Gasteiger charge is 2.31. The molecule has 1 amide bonds. The fraction of sp³-hybridized carbons (Fsp3) is 0.667. The first kappa shape index (κ1) is 14.9. The van der Waals surface area contributed by atoms with Crippen molar-refractivity contribution in [3.05, 3.63) is 23.9 Å². The fourth-order valence-electron chi connectivity index (χ4n) is 4.22. The number of amides is 1. The Bertz CT molecular complexity index is 570. The first-order chi connectivity index (χ1) is 11.3. The van der Waals surface area contributed by atoms with Crippen LogP contribution in [0.2, 0.25) is 0 Å². The third kappa shape index (κ3) is 3.07. The summed E-state index contributed by atoms with van der Waals surface area (Å²) in [5.41, 5.74) is 0.784. The Morgan fingerprint density at radius 2 is 1.91 bits per heavy atom. The van der Waals surface area contributed by atoms with Crippen LogP contribution in [0.15, 0.2) is 18.3 Å². The van der Waals surface area contributed by atoms with E-state index in [1.807, 2.05) is 23.2 Å². The number of hydrogen-bond donors (Lipinski definition) is 1. The minimum absolute atomic E-state index is 0.162. The molecule has 0 spiro atoms. The summed E-state index contributed by atoms with van der Waals surface area (Å²) in [5, 5.41) is 3.70. The molecule has 5 nitrogen and oxygen atoms in total. The molecule has 1 aromatic rings. The molecular formula is C18H26N4O. The molecule has 3 aliphatic rings. The van der Waals surface area contributed by atoms with E-state index in [1.165, 1.54) is 19.3 Å². The molecule has 3 aliphatic heterocycles. The van der Waals surface area contributed by atoms with Crippen LogP contribution in [0.5, 0.6) is 0 Å². The zero-order valence-electron chi connectivity index (χ0n) is 13.7. The van der Waals surface area contributed by atoms with Crippen molar-refractivity contribution in [3.8, 4) is 0 Å². The lowest BCUT2D eigenvalue weighted by Gasteiger charge is -2.30. The summed E-state index contributed by atoms with van der Waals surface area (Å²) in [5.74, 6) is 1.05. The number of likely N-dealkylation sites (tertiary alicyclic amines) is 1. The molecule has 23 heavy (non-hydrogen) atoms. The van der Waals surface area contributed by atoms with Gasteiger partial charge in [0.1, 0.15) is 5.82 Å². The SMILES string of the molecule is O=C(c1cccnc1N1CC[C@H]2CC[C@@H](C1)N2)N1CCCCC1. The van der Waals surface area contributed by atoms with Crippen molar-refractivity contribution in [2.24, 2.45) is 0 Å². The lowest BCUT2D eigenvalue weighted by Crippen LogP contribution is -2.39. The van der Waals surface area contributed by atoms with E-state index in [2.05, 4.69) is 15.2 Å². The maximum Gasteiger partial charge on any atom is 0.257 e. The molecule has 0 aliphatic carbocycles. The average molecular weight is 314 g/mol. The van der Waals surface area contributed by atoms with Crippen LogP contribution in [0.25, 0.3) is 0 Å². The molecule has 3 fully saturated rings.